The highest BCUT2D eigenvalue weighted by Crippen LogP contribution is 2.48. The molecule has 2 aromatic carbocycles. The summed E-state index contributed by atoms with van der Waals surface area (Å²) in [6.07, 6.45) is 1.55. The summed E-state index contributed by atoms with van der Waals surface area (Å²) in [4.78, 5) is 11.7. The fourth-order valence-electron chi connectivity index (χ4n) is 3.59. The van der Waals surface area contributed by atoms with Crippen molar-refractivity contribution in [2.24, 2.45) is 0 Å². The molecule has 132 valence electrons. The van der Waals surface area contributed by atoms with Crippen molar-refractivity contribution in [3.8, 4) is 28.4 Å². The molecule has 0 spiro atoms. The Hall–Kier alpha value is -2.69. The lowest BCUT2D eigenvalue weighted by molar-refractivity contribution is -0.119. The van der Waals surface area contributed by atoms with Crippen molar-refractivity contribution in [3.05, 3.63) is 41.5 Å². The lowest BCUT2D eigenvalue weighted by atomic mass is 9.94. The van der Waals surface area contributed by atoms with Gasteiger partial charge < -0.3 is 19.5 Å². The molecule has 0 saturated heterocycles. The minimum Gasteiger partial charge on any atom is -0.493 e. The number of rotatable bonds is 4. The fourth-order valence-corrected chi connectivity index (χ4v) is 3.59. The summed E-state index contributed by atoms with van der Waals surface area (Å²) in [5.74, 6) is 1.88. The summed E-state index contributed by atoms with van der Waals surface area (Å²) in [7, 11) is 4.86. The molecule has 0 aromatic heterocycles. The topological polar surface area (TPSA) is 56.8 Å². The van der Waals surface area contributed by atoms with Crippen molar-refractivity contribution in [1.29, 1.82) is 0 Å². The van der Waals surface area contributed by atoms with Crippen LogP contribution in [-0.4, -0.2) is 27.2 Å². The zero-order chi connectivity index (χ0) is 18.0. The number of nitrogens with one attached hydrogen (secondary N) is 1. The molecule has 0 fully saturated rings. The van der Waals surface area contributed by atoms with Crippen LogP contribution in [0.5, 0.6) is 17.2 Å². The van der Waals surface area contributed by atoms with E-state index in [4.69, 9.17) is 14.2 Å². The molecule has 5 nitrogen and oxygen atoms in total. The monoisotopic (exact) mass is 341 g/mol. The van der Waals surface area contributed by atoms with Gasteiger partial charge >= 0.3 is 0 Å². The van der Waals surface area contributed by atoms with Gasteiger partial charge in [-0.1, -0.05) is 24.3 Å². The molecule has 1 aliphatic rings. The number of hydrogen-bond acceptors (Lipinski definition) is 4. The van der Waals surface area contributed by atoms with E-state index in [0.717, 1.165) is 35.1 Å². The third kappa shape index (κ3) is 3.02. The van der Waals surface area contributed by atoms with E-state index >= 15 is 0 Å². The maximum Gasteiger partial charge on any atom is 0.217 e. The van der Waals surface area contributed by atoms with Crippen LogP contribution in [-0.2, 0) is 11.2 Å². The molecule has 0 saturated carbocycles. The predicted molar refractivity (Wildman–Crippen MR) is 96.4 cm³/mol. The van der Waals surface area contributed by atoms with Gasteiger partial charge in [-0.05, 0) is 35.6 Å². The van der Waals surface area contributed by atoms with E-state index in [1.807, 2.05) is 18.2 Å². The SMILES string of the molecule is COc1cc2c(c(OC)c1OC)CC[C@H](NC(C)=O)c1ccccc1-2. The first-order valence-corrected chi connectivity index (χ1v) is 8.29. The summed E-state index contributed by atoms with van der Waals surface area (Å²) in [6.45, 7) is 1.55. The van der Waals surface area contributed by atoms with Crippen molar-refractivity contribution in [1.82, 2.24) is 5.32 Å². The second-order valence-corrected chi connectivity index (χ2v) is 6.05. The molecule has 5 heteroatoms. The highest BCUT2D eigenvalue weighted by molar-refractivity contribution is 5.80. The van der Waals surface area contributed by atoms with E-state index in [0.29, 0.717) is 17.2 Å². The highest BCUT2D eigenvalue weighted by atomic mass is 16.5. The summed E-state index contributed by atoms with van der Waals surface area (Å²) in [5.41, 5.74) is 4.30. The highest BCUT2D eigenvalue weighted by Gasteiger charge is 2.28. The molecule has 0 radical (unpaired) electrons. The van der Waals surface area contributed by atoms with E-state index in [1.165, 1.54) is 0 Å². The van der Waals surface area contributed by atoms with Crippen LogP contribution < -0.4 is 19.5 Å². The Morgan fingerprint density at radius 3 is 2.40 bits per heavy atom. The lowest BCUT2D eigenvalue weighted by Gasteiger charge is -2.19. The number of amides is 1. The molecule has 1 amide bonds. The van der Waals surface area contributed by atoms with Crippen LogP contribution in [0, 0.1) is 0 Å². The van der Waals surface area contributed by atoms with Gasteiger partial charge in [0.2, 0.25) is 11.7 Å². The van der Waals surface area contributed by atoms with Crippen LogP contribution >= 0.6 is 0 Å². The molecule has 0 heterocycles. The minimum atomic E-state index is -0.0391. The largest absolute Gasteiger partial charge is 0.493 e. The number of fused-ring (bicyclic) bond motifs is 3. The zero-order valence-electron chi connectivity index (χ0n) is 15.0. The zero-order valence-corrected chi connectivity index (χ0v) is 15.0. The second kappa shape index (κ2) is 7.05. The molecule has 1 N–H and O–H groups in total. The summed E-state index contributed by atoms with van der Waals surface area (Å²) >= 11 is 0. The number of carbonyl (C=O) groups is 1. The normalized spacial score (nSPS) is 15.4. The standard InChI is InChI=1S/C20H23NO4/c1-12(22)21-17-10-9-15-16(13-7-5-6-8-14(13)17)11-18(23-2)20(25-4)19(15)24-3/h5-8,11,17H,9-10H2,1-4H3,(H,21,22)/t17-/m0/s1. The van der Waals surface area contributed by atoms with E-state index in [2.05, 4.69) is 17.4 Å². The number of methoxy groups -OCH3 is 3. The Balaban J connectivity index is 2.26. The summed E-state index contributed by atoms with van der Waals surface area (Å²) in [5, 5.41) is 3.07. The number of benzene rings is 2. The number of ether oxygens (including phenoxy) is 3. The summed E-state index contributed by atoms with van der Waals surface area (Å²) < 4.78 is 16.7. The van der Waals surface area contributed by atoms with E-state index in [-0.39, 0.29) is 11.9 Å². The summed E-state index contributed by atoms with van der Waals surface area (Å²) in [6, 6.07) is 10.1. The first-order valence-electron chi connectivity index (χ1n) is 8.29. The molecular weight excluding hydrogens is 318 g/mol. The second-order valence-electron chi connectivity index (χ2n) is 6.05. The maximum absolute atomic E-state index is 11.7. The molecule has 25 heavy (non-hydrogen) atoms. The third-order valence-corrected chi connectivity index (χ3v) is 4.62. The predicted octanol–water partition coefficient (Wildman–Crippen LogP) is 3.50. The van der Waals surface area contributed by atoms with Crippen LogP contribution in [0.3, 0.4) is 0 Å². The van der Waals surface area contributed by atoms with Gasteiger partial charge in [0, 0.05) is 12.5 Å². The van der Waals surface area contributed by atoms with Gasteiger partial charge in [0.25, 0.3) is 0 Å². The third-order valence-electron chi connectivity index (χ3n) is 4.62. The van der Waals surface area contributed by atoms with Crippen molar-refractivity contribution in [2.45, 2.75) is 25.8 Å². The Kier molecular flexibility index (Phi) is 4.83. The molecule has 0 unspecified atom stereocenters. The average Bonchev–Trinajstić information content (AvgIpc) is 2.77. The van der Waals surface area contributed by atoms with Crippen LogP contribution in [0.15, 0.2) is 30.3 Å². The van der Waals surface area contributed by atoms with E-state index in [1.54, 1.807) is 28.3 Å². The van der Waals surface area contributed by atoms with Gasteiger partial charge in [0.15, 0.2) is 11.5 Å². The smallest absolute Gasteiger partial charge is 0.217 e. The van der Waals surface area contributed by atoms with Crippen LogP contribution in [0.2, 0.25) is 0 Å². The van der Waals surface area contributed by atoms with Gasteiger partial charge in [0.05, 0.1) is 27.4 Å². The first kappa shape index (κ1) is 17.1. The molecule has 0 aliphatic heterocycles. The van der Waals surface area contributed by atoms with E-state index < -0.39 is 0 Å². The lowest BCUT2D eigenvalue weighted by Crippen LogP contribution is -2.26. The van der Waals surface area contributed by atoms with Gasteiger partial charge in [-0.2, -0.15) is 0 Å². The van der Waals surface area contributed by atoms with Crippen molar-refractivity contribution in [3.63, 3.8) is 0 Å². The Labute approximate surface area is 147 Å². The minimum absolute atomic E-state index is 0.0344. The van der Waals surface area contributed by atoms with Crippen LogP contribution in [0.25, 0.3) is 11.1 Å². The molecule has 2 aromatic rings. The van der Waals surface area contributed by atoms with Crippen LogP contribution in [0.1, 0.15) is 30.5 Å². The van der Waals surface area contributed by atoms with Gasteiger partial charge in [-0.25, -0.2) is 0 Å². The van der Waals surface area contributed by atoms with Gasteiger partial charge in [-0.15, -0.1) is 0 Å². The molecular formula is C20H23NO4. The van der Waals surface area contributed by atoms with Crippen LogP contribution in [0.4, 0.5) is 0 Å². The Bertz CT molecular complexity index is 801. The average molecular weight is 341 g/mol. The first-order chi connectivity index (χ1) is 12.1. The van der Waals surface area contributed by atoms with Crippen molar-refractivity contribution >= 4 is 5.91 Å². The Morgan fingerprint density at radius 1 is 1.04 bits per heavy atom. The van der Waals surface area contributed by atoms with Gasteiger partial charge in [0.1, 0.15) is 0 Å². The molecule has 1 atom stereocenters. The molecule has 1 aliphatic carbocycles. The van der Waals surface area contributed by atoms with Gasteiger partial charge in [-0.3, -0.25) is 4.79 Å². The Morgan fingerprint density at radius 2 is 1.76 bits per heavy atom. The number of carbonyl (C=O) groups excluding carboxylic acids is 1. The fraction of sp³-hybridized carbons (Fsp3) is 0.350. The molecule has 0 bridgehead atoms. The quantitative estimate of drug-likeness (QED) is 0.925. The molecule has 3 rings (SSSR count). The van der Waals surface area contributed by atoms with Crippen molar-refractivity contribution in [2.75, 3.05) is 21.3 Å². The number of hydrogen-bond donors (Lipinski definition) is 1. The maximum atomic E-state index is 11.7. The van der Waals surface area contributed by atoms with Crippen molar-refractivity contribution < 1.29 is 19.0 Å². The van der Waals surface area contributed by atoms with E-state index in [9.17, 15) is 4.79 Å².